The number of aromatic nitrogens is 1. The molecule has 0 spiro atoms. The third-order valence-electron chi connectivity index (χ3n) is 5.36. The van der Waals surface area contributed by atoms with E-state index >= 15 is 0 Å². The first-order chi connectivity index (χ1) is 15.7. The molecule has 1 N–H and O–H groups in total. The van der Waals surface area contributed by atoms with Gasteiger partial charge < -0.3 is 14.6 Å². The van der Waals surface area contributed by atoms with Crippen molar-refractivity contribution in [1.29, 1.82) is 0 Å². The number of nitrogens with zero attached hydrogens (tertiary/aromatic N) is 2. The van der Waals surface area contributed by atoms with Crippen LogP contribution in [-0.2, 0) is 11.3 Å². The van der Waals surface area contributed by atoms with Crippen molar-refractivity contribution in [3.63, 3.8) is 0 Å². The summed E-state index contributed by atoms with van der Waals surface area (Å²) in [6, 6.07) is 27.3. The normalized spacial score (nSPS) is 14.9. The van der Waals surface area contributed by atoms with Crippen LogP contribution in [0.25, 0.3) is 17.0 Å². The van der Waals surface area contributed by atoms with E-state index in [0.29, 0.717) is 24.0 Å². The molecule has 158 valence electrons. The van der Waals surface area contributed by atoms with Gasteiger partial charge in [-0.2, -0.15) is 0 Å². The highest BCUT2D eigenvalue weighted by molar-refractivity contribution is 7.80. The lowest BCUT2D eigenvalue weighted by Crippen LogP contribution is -2.30. The second kappa shape index (κ2) is 8.69. The molecule has 1 aliphatic rings. The van der Waals surface area contributed by atoms with Gasteiger partial charge in [-0.25, -0.2) is 0 Å². The third-order valence-corrected chi connectivity index (χ3v) is 5.64. The first-order valence-corrected chi connectivity index (χ1v) is 10.8. The van der Waals surface area contributed by atoms with Gasteiger partial charge in [0.1, 0.15) is 18.1 Å². The number of benzene rings is 3. The van der Waals surface area contributed by atoms with E-state index < -0.39 is 0 Å². The molecule has 1 fully saturated rings. The van der Waals surface area contributed by atoms with E-state index in [1.54, 1.807) is 0 Å². The van der Waals surface area contributed by atoms with Crippen molar-refractivity contribution in [1.82, 2.24) is 9.88 Å². The molecule has 0 saturated carbocycles. The Morgan fingerprint density at radius 3 is 2.38 bits per heavy atom. The van der Waals surface area contributed by atoms with Gasteiger partial charge in [-0.05, 0) is 48.6 Å². The van der Waals surface area contributed by atoms with Crippen molar-refractivity contribution in [2.75, 3.05) is 11.5 Å². The number of anilines is 1. The number of hydrogen-bond donors (Lipinski definition) is 1. The van der Waals surface area contributed by atoms with Crippen molar-refractivity contribution in [2.24, 2.45) is 0 Å². The Morgan fingerprint density at radius 2 is 1.59 bits per heavy atom. The van der Waals surface area contributed by atoms with Crippen LogP contribution in [-0.4, -0.2) is 22.2 Å². The number of amides is 1. The van der Waals surface area contributed by atoms with E-state index in [4.69, 9.17) is 17.0 Å². The zero-order valence-corrected chi connectivity index (χ0v) is 18.1. The van der Waals surface area contributed by atoms with Gasteiger partial charge in [0.05, 0.1) is 12.2 Å². The minimum absolute atomic E-state index is 0.162. The molecule has 1 saturated heterocycles. The number of para-hydroxylation sites is 3. The average Bonchev–Trinajstić information content (AvgIpc) is 3.31. The lowest BCUT2D eigenvalue weighted by atomic mass is 10.1. The smallest absolute Gasteiger partial charge is 0.281 e. The number of rotatable bonds is 6. The minimum Gasteiger partial charge on any atom is -0.492 e. The summed E-state index contributed by atoms with van der Waals surface area (Å²) in [5.41, 5.74) is 3.25. The number of thiocarbonyl (C=S) groups is 1. The van der Waals surface area contributed by atoms with Crippen LogP contribution in [0.15, 0.2) is 96.8 Å². The molecule has 32 heavy (non-hydrogen) atoms. The number of carbonyl (C=O) groups is 1. The van der Waals surface area contributed by atoms with Crippen LogP contribution < -0.4 is 15.0 Å². The molecule has 0 unspecified atom stereocenters. The number of carbonyl (C=O) groups excluding carboxylic acids is 1. The maximum absolute atomic E-state index is 13.1. The predicted octanol–water partition coefficient (Wildman–Crippen LogP) is 4.98. The molecular formula is C26H21N3O2S. The molecule has 6 heteroatoms. The Balaban J connectivity index is 1.41. The van der Waals surface area contributed by atoms with Crippen LogP contribution in [0.5, 0.6) is 5.75 Å². The van der Waals surface area contributed by atoms with Gasteiger partial charge in [-0.3, -0.25) is 9.69 Å². The maximum Gasteiger partial charge on any atom is 0.281 e. The number of hydrogen-bond acceptors (Lipinski definition) is 3. The molecule has 2 heterocycles. The molecule has 5 rings (SSSR count). The van der Waals surface area contributed by atoms with Gasteiger partial charge >= 0.3 is 0 Å². The Labute approximate surface area is 191 Å². The Hall–Kier alpha value is -3.90. The largest absolute Gasteiger partial charge is 0.492 e. The highest BCUT2D eigenvalue weighted by Crippen LogP contribution is 2.26. The van der Waals surface area contributed by atoms with E-state index in [1.165, 1.54) is 4.90 Å². The summed E-state index contributed by atoms with van der Waals surface area (Å²) >= 11 is 5.43. The van der Waals surface area contributed by atoms with Crippen LogP contribution in [0.1, 0.15) is 5.56 Å². The zero-order valence-electron chi connectivity index (χ0n) is 17.3. The summed E-state index contributed by atoms with van der Waals surface area (Å²) in [6.45, 7) is 1.23. The molecule has 0 bridgehead atoms. The van der Waals surface area contributed by atoms with Gasteiger partial charge in [0, 0.05) is 22.7 Å². The summed E-state index contributed by atoms with van der Waals surface area (Å²) in [6.07, 6.45) is 3.92. The fraction of sp³-hybridized carbons (Fsp3) is 0.0769. The molecule has 5 nitrogen and oxygen atoms in total. The average molecular weight is 440 g/mol. The molecule has 0 aliphatic carbocycles. The van der Waals surface area contributed by atoms with Crippen LogP contribution >= 0.6 is 12.2 Å². The second-order valence-electron chi connectivity index (χ2n) is 7.42. The van der Waals surface area contributed by atoms with E-state index in [-0.39, 0.29) is 5.91 Å². The summed E-state index contributed by atoms with van der Waals surface area (Å²) < 4.78 is 8.02. The standard InChI is InChI=1S/C26H21N3O2S/c30-25-23(27-26(32)29(25)20-9-3-1-4-10-20)17-19-18-28(24-14-8-7-13-22(19)24)15-16-31-21-11-5-2-6-12-21/h1-14,17-18H,15-16H2,(H,27,32). The van der Waals surface area contributed by atoms with Crippen molar-refractivity contribution in [2.45, 2.75) is 6.54 Å². The SMILES string of the molecule is O=C1C(=Cc2cn(CCOc3ccccc3)c3ccccc23)NC(=S)N1c1ccccc1. The van der Waals surface area contributed by atoms with Crippen molar-refractivity contribution in [3.8, 4) is 5.75 Å². The van der Waals surface area contributed by atoms with Crippen molar-refractivity contribution in [3.05, 3.63) is 102 Å². The minimum atomic E-state index is -0.162. The quantitative estimate of drug-likeness (QED) is 0.340. The lowest BCUT2D eigenvalue weighted by molar-refractivity contribution is -0.113. The highest BCUT2D eigenvalue weighted by Gasteiger charge is 2.32. The van der Waals surface area contributed by atoms with Gasteiger partial charge in [0.2, 0.25) is 0 Å². The van der Waals surface area contributed by atoms with Gasteiger partial charge in [-0.15, -0.1) is 0 Å². The summed E-state index contributed by atoms with van der Waals surface area (Å²) in [5.74, 6) is 0.687. The fourth-order valence-electron chi connectivity index (χ4n) is 3.86. The van der Waals surface area contributed by atoms with Crippen LogP contribution in [0.4, 0.5) is 5.69 Å². The Bertz CT molecular complexity index is 1310. The lowest BCUT2D eigenvalue weighted by Gasteiger charge is -2.13. The van der Waals surface area contributed by atoms with Crippen LogP contribution in [0.3, 0.4) is 0 Å². The Kier molecular flexibility index (Phi) is 5.44. The number of nitrogens with one attached hydrogen (secondary N) is 1. The van der Waals surface area contributed by atoms with Crippen molar-refractivity contribution >= 4 is 45.9 Å². The molecule has 4 aromatic rings. The van der Waals surface area contributed by atoms with E-state index in [2.05, 4.69) is 28.2 Å². The molecule has 3 aromatic carbocycles. The fourth-order valence-corrected chi connectivity index (χ4v) is 4.15. The van der Waals surface area contributed by atoms with Gasteiger partial charge in [0.15, 0.2) is 5.11 Å². The summed E-state index contributed by atoms with van der Waals surface area (Å²) in [4.78, 5) is 14.6. The van der Waals surface area contributed by atoms with Crippen molar-refractivity contribution < 1.29 is 9.53 Å². The van der Waals surface area contributed by atoms with Crippen LogP contribution in [0.2, 0.25) is 0 Å². The first-order valence-electron chi connectivity index (χ1n) is 10.4. The summed E-state index contributed by atoms with van der Waals surface area (Å²) in [5, 5.41) is 4.52. The van der Waals surface area contributed by atoms with Gasteiger partial charge in [0.25, 0.3) is 5.91 Å². The topological polar surface area (TPSA) is 46.5 Å². The highest BCUT2D eigenvalue weighted by atomic mass is 32.1. The monoisotopic (exact) mass is 439 g/mol. The van der Waals surface area contributed by atoms with Crippen LogP contribution in [0, 0.1) is 0 Å². The maximum atomic E-state index is 13.1. The molecule has 1 aromatic heterocycles. The zero-order chi connectivity index (χ0) is 21.9. The first kappa shape index (κ1) is 20.0. The third kappa shape index (κ3) is 3.88. The molecule has 1 amide bonds. The van der Waals surface area contributed by atoms with E-state index in [1.807, 2.05) is 78.9 Å². The van der Waals surface area contributed by atoms with Gasteiger partial charge in [-0.1, -0.05) is 54.6 Å². The molecule has 0 atom stereocenters. The molecule has 1 aliphatic heterocycles. The predicted molar refractivity (Wildman–Crippen MR) is 132 cm³/mol. The molecule has 0 radical (unpaired) electrons. The van der Waals surface area contributed by atoms with E-state index in [0.717, 1.165) is 27.9 Å². The second-order valence-corrected chi connectivity index (χ2v) is 7.81. The number of ether oxygens (including phenoxy) is 1. The van der Waals surface area contributed by atoms with E-state index in [9.17, 15) is 4.79 Å². The Morgan fingerprint density at radius 1 is 0.906 bits per heavy atom. The number of fused-ring (bicyclic) bond motifs is 1. The molecular weight excluding hydrogens is 418 g/mol. The summed E-state index contributed by atoms with van der Waals surface area (Å²) in [7, 11) is 0.